The number of thioether (sulfide) groups is 1. The Balaban J connectivity index is 1.63. The minimum absolute atomic E-state index is 0.0925. The molecule has 1 fully saturated rings. The number of aromatic nitrogens is 4. The van der Waals surface area contributed by atoms with Gasteiger partial charge in [-0.15, -0.1) is 5.10 Å². The molecule has 0 radical (unpaired) electrons. The number of nitriles is 1. The molecule has 0 aliphatic carbocycles. The second kappa shape index (κ2) is 9.43. The summed E-state index contributed by atoms with van der Waals surface area (Å²) < 4.78 is 20.4. The molecule has 1 aliphatic rings. The van der Waals surface area contributed by atoms with Crippen LogP contribution in [0.3, 0.4) is 0 Å². The van der Waals surface area contributed by atoms with Crippen molar-refractivity contribution in [2.24, 2.45) is 0 Å². The van der Waals surface area contributed by atoms with Crippen LogP contribution in [0.15, 0.2) is 29.4 Å². The quantitative estimate of drug-likeness (QED) is 0.636. The second-order valence-corrected chi connectivity index (χ2v) is 6.94. The van der Waals surface area contributed by atoms with Gasteiger partial charge in [-0.2, -0.15) is 5.26 Å². The Labute approximate surface area is 160 Å². The zero-order valence-electron chi connectivity index (χ0n) is 14.6. The summed E-state index contributed by atoms with van der Waals surface area (Å²) in [6.45, 7) is 1.54. The summed E-state index contributed by atoms with van der Waals surface area (Å²) in [4.78, 5) is 14.2. The first kappa shape index (κ1) is 19.3. The summed E-state index contributed by atoms with van der Waals surface area (Å²) in [6.07, 6.45) is 2.27. The topological polar surface area (TPSA) is 96.9 Å². The molecule has 1 aromatic carbocycles. The molecule has 1 amide bonds. The molecule has 0 saturated carbocycles. The maximum absolute atomic E-state index is 13.2. The van der Waals surface area contributed by atoms with Gasteiger partial charge >= 0.3 is 0 Å². The van der Waals surface area contributed by atoms with E-state index < -0.39 is 0 Å². The molecule has 0 bridgehead atoms. The van der Waals surface area contributed by atoms with E-state index in [1.54, 1.807) is 4.68 Å². The number of amides is 1. The van der Waals surface area contributed by atoms with Crippen molar-refractivity contribution >= 4 is 23.4 Å². The molecule has 0 unspecified atom stereocenters. The maximum atomic E-state index is 13.2. The van der Waals surface area contributed by atoms with Crippen LogP contribution in [-0.4, -0.2) is 51.1 Å². The van der Waals surface area contributed by atoms with Crippen LogP contribution in [0, 0.1) is 17.1 Å². The summed E-state index contributed by atoms with van der Waals surface area (Å²) in [6, 6.07) is 7.66. The van der Waals surface area contributed by atoms with Crippen molar-refractivity contribution < 1.29 is 13.9 Å². The lowest BCUT2D eigenvalue weighted by molar-refractivity contribution is -0.116. The van der Waals surface area contributed by atoms with Crippen LogP contribution >= 0.6 is 11.8 Å². The minimum atomic E-state index is -0.380. The first-order valence-electron chi connectivity index (χ1n) is 8.61. The van der Waals surface area contributed by atoms with Gasteiger partial charge in [0.25, 0.3) is 0 Å². The number of halogens is 1. The lowest BCUT2D eigenvalue weighted by Crippen LogP contribution is -2.33. The molecule has 3 rings (SSSR count). The van der Waals surface area contributed by atoms with Gasteiger partial charge in [-0.3, -0.25) is 4.79 Å². The molecule has 1 saturated heterocycles. The van der Waals surface area contributed by atoms with Gasteiger partial charge in [0.1, 0.15) is 5.82 Å². The fourth-order valence-electron chi connectivity index (χ4n) is 2.78. The zero-order valence-corrected chi connectivity index (χ0v) is 15.4. The first-order valence-corrected chi connectivity index (χ1v) is 9.59. The molecule has 8 nitrogen and oxygen atoms in total. The van der Waals surface area contributed by atoms with Gasteiger partial charge in [-0.25, -0.2) is 9.07 Å². The number of rotatable bonds is 8. The highest BCUT2D eigenvalue weighted by Crippen LogP contribution is 2.21. The third-order valence-electron chi connectivity index (χ3n) is 4.11. The Hall–Kier alpha value is -2.51. The van der Waals surface area contributed by atoms with E-state index in [2.05, 4.69) is 15.5 Å². The predicted octanol–water partition coefficient (Wildman–Crippen LogP) is 2.03. The number of carbonyl (C=O) groups excluding carboxylic acids is 1. The lowest BCUT2D eigenvalue weighted by atomic mass is 10.2. The van der Waals surface area contributed by atoms with Gasteiger partial charge in [0.2, 0.25) is 11.1 Å². The van der Waals surface area contributed by atoms with Crippen LogP contribution < -0.4 is 4.90 Å². The van der Waals surface area contributed by atoms with E-state index in [1.807, 2.05) is 6.07 Å². The number of ether oxygens (including phenoxy) is 1. The second-order valence-electron chi connectivity index (χ2n) is 6.00. The monoisotopic (exact) mass is 390 g/mol. The molecule has 10 heteroatoms. The van der Waals surface area contributed by atoms with Crippen molar-refractivity contribution in [1.29, 1.82) is 5.26 Å². The Morgan fingerprint density at radius 2 is 2.26 bits per heavy atom. The van der Waals surface area contributed by atoms with Crippen molar-refractivity contribution in [1.82, 2.24) is 20.2 Å². The number of anilines is 1. The summed E-state index contributed by atoms with van der Waals surface area (Å²) in [5, 5.41) is 21.0. The van der Waals surface area contributed by atoms with E-state index in [4.69, 9.17) is 10.00 Å². The lowest BCUT2D eigenvalue weighted by Gasteiger charge is -2.21. The third-order valence-corrected chi connectivity index (χ3v) is 5.05. The molecule has 0 N–H and O–H groups in total. The molecular formula is C17H19FN6O2S. The van der Waals surface area contributed by atoms with Crippen LogP contribution in [-0.2, 0) is 16.1 Å². The number of hydrogen-bond donors (Lipinski definition) is 0. The first-order chi connectivity index (χ1) is 13.2. The summed E-state index contributed by atoms with van der Waals surface area (Å²) in [5.41, 5.74) is 0.552. The van der Waals surface area contributed by atoms with Crippen molar-refractivity contribution in [3.63, 3.8) is 0 Å². The van der Waals surface area contributed by atoms with E-state index >= 15 is 0 Å². The number of carbonyl (C=O) groups is 1. The molecule has 27 heavy (non-hydrogen) atoms. The molecule has 1 aromatic heterocycles. The average molecular weight is 390 g/mol. The third kappa shape index (κ3) is 5.24. The van der Waals surface area contributed by atoms with Gasteiger partial charge in [0.15, 0.2) is 0 Å². The maximum Gasteiger partial charge on any atom is 0.237 e. The van der Waals surface area contributed by atoms with Crippen molar-refractivity contribution in [2.75, 3.05) is 23.8 Å². The summed E-state index contributed by atoms with van der Waals surface area (Å²) in [7, 11) is 0. The van der Waals surface area contributed by atoms with Crippen LogP contribution in [0.4, 0.5) is 10.1 Å². The van der Waals surface area contributed by atoms with Crippen LogP contribution in [0.1, 0.15) is 19.3 Å². The normalized spacial score (nSPS) is 16.2. The highest BCUT2D eigenvalue weighted by Gasteiger charge is 2.21. The molecule has 1 aliphatic heterocycles. The van der Waals surface area contributed by atoms with E-state index in [0.29, 0.717) is 17.4 Å². The number of hydrogen-bond acceptors (Lipinski definition) is 7. The van der Waals surface area contributed by atoms with Crippen molar-refractivity contribution in [3.05, 3.63) is 30.1 Å². The van der Waals surface area contributed by atoms with E-state index in [1.165, 1.54) is 40.9 Å². The van der Waals surface area contributed by atoms with Crippen LogP contribution in [0.5, 0.6) is 0 Å². The van der Waals surface area contributed by atoms with Crippen LogP contribution in [0.2, 0.25) is 0 Å². The van der Waals surface area contributed by atoms with Crippen molar-refractivity contribution in [3.8, 4) is 6.07 Å². The summed E-state index contributed by atoms with van der Waals surface area (Å²) in [5.74, 6) is -0.475. The molecule has 0 spiro atoms. The minimum Gasteiger partial charge on any atom is -0.376 e. The van der Waals surface area contributed by atoms with E-state index in [0.717, 1.165) is 19.4 Å². The number of benzene rings is 1. The Morgan fingerprint density at radius 1 is 1.44 bits per heavy atom. The Morgan fingerprint density at radius 3 is 2.96 bits per heavy atom. The van der Waals surface area contributed by atoms with Crippen molar-refractivity contribution in [2.45, 2.75) is 37.1 Å². The molecule has 2 aromatic rings. The number of nitrogens with zero attached hydrogens (tertiary/aromatic N) is 6. The molecule has 142 valence electrons. The predicted molar refractivity (Wildman–Crippen MR) is 96.5 cm³/mol. The van der Waals surface area contributed by atoms with Gasteiger partial charge in [0.05, 0.1) is 30.9 Å². The molecule has 2 heterocycles. The standard InChI is InChI=1S/C17H19FN6O2S/c18-13-4-6-14(7-5-13)23(9-2-8-19)16(25)12-27-17-20-21-22-24(17)11-15-3-1-10-26-15/h4-7,15H,1-3,9-12H2/t15-/m1/s1. The van der Waals surface area contributed by atoms with E-state index in [9.17, 15) is 9.18 Å². The molecule has 1 atom stereocenters. The zero-order chi connectivity index (χ0) is 19.1. The summed E-state index contributed by atoms with van der Waals surface area (Å²) >= 11 is 1.23. The van der Waals surface area contributed by atoms with Crippen LogP contribution in [0.25, 0.3) is 0 Å². The average Bonchev–Trinajstić information content (AvgIpc) is 3.34. The van der Waals surface area contributed by atoms with Gasteiger partial charge in [-0.1, -0.05) is 11.8 Å². The largest absolute Gasteiger partial charge is 0.376 e. The Bertz CT molecular complexity index is 801. The Kier molecular flexibility index (Phi) is 6.73. The van der Waals surface area contributed by atoms with Gasteiger partial charge < -0.3 is 9.64 Å². The fraction of sp³-hybridized carbons (Fsp3) is 0.471. The van der Waals surface area contributed by atoms with Gasteiger partial charge in [-0.05, 0) is 47.5 Å². The molecular weight excluding hydrogens is 371 g/mol. The fourth-order valence-corrected chi connectivity index (χ4v) is 3.54. The van der Waals surface area contributed by atoms with Gasteiger partial charge in [0, 0.05) is 18.8 Å². The highest BCUT2D eigenvalue weighted by molar-refractivity contribution is 7.99. The number of tetrazole rings is 1. The smallest absolute Gasteiger partial charge is 0.237 e. The van der Waals surface area contributed by atoms with E-state index in [-0.39, 0.29) is 36.5 Å². The highest BCUT2D eigenvalue weighted by atomic mass is 32.2. The SMILES string of the molecule is N#CCCN(C(=O)CSc1nnnn1C[C@H]1CCCO1)c1ccc(F)cc1.